The Labute approximate surface area is 104 Å². The molecule has 18 heavy (non-hydrogen) atoms. The molecule has 1 aromatic heterocycles. The van der Waals surface area contributed by atoms with Crippen molar-refractivity contribution in [3.63, 3.8) is 0 Å². The SMILES string of the molecule is NC(=O)OCCNc1ccc(N)c2cccnc12. The van der Waals surface area contributed by atoms with E-state index in [0.717, 1.165) is 16.6 Å². The van der Waals surface area contributed by atoms with Crippen LogP contribution < -0.4 is 16.8 Å². The van der Waals surface area contributed by atoms with Crippen molar-refractivity contribution in [2.45, 2.75) is 0 Å². The van der Waals surface area contributed by atoms with Crippen molar-refractivity contribution >= 4 is 28.4 Å². The Kier molecular flexibility index (Phi) is 3.47. The van der Waals surface area contributed by atoms with E-state index < -0.39 is 6.09 Å². The van der Waals surface area contributed by atoms with E-state index in [0.29, 0.717) is 12.2 Å². The Morgan fingerprint density at radius 1 is 1.39 bits per heavy atom. The van der Waals surface area contributed by atoms with Crippen LogP contribution in [-0.2, 0) is 4.74 Å². The third-order valence-electron chi connectivity index (χ3n) is 2.47. The molecular formula is C12H14N4O2. The van der Waals surface area contributed by atoms with Crippen LogP contribution in [0.15, 0.2) is 30.5 Å². The van der Waals surface area contributed by atoms with Crippen LogP contribution in [0.1, 0.15) is 0 Å². The van der Waals surface area contributed by atoms with E-state index in [1.165, 1.54) is 0 Å². The van der Waals surface area contributed by atoms with Gasteiger partial charge in [-0.25, -0.2) is 4.79 Å². The standard InChI is InChI=1S/C12H14N4O2/c13-9-3-4-10(15-6-7-18-12(14)17)11-8(9)2-1-5-16-11/h1-5,15H,6-7,13H2,(H2,14,17). The lowest BCUT2D eigenvalue weighted by molar-refractivity contribution is 0.161. The molecule has 0 saturated heterocycles. The second-order valence-corrected chi connectivity index (χ2v) is 3.70. The molecule has 0 atom stereocenters. The molecule has 2 rings (SSSR count). The van der Waals surface area contributed by atoms with Crippen LogP contribution in [-0.4, -0.2) is 24.2 Å². The lowest BCUT2D eigenvalue weighted by Gasteiger charge is -2.10. The van der Waals surface area contributed by atoms with Crippen molar-refractivity contribution in [2.75, 3.05) is 24.2 Å². The number of primary amides is 1. The summed E-state index contributed by atoms with van der Waals surface area (Å²) < 4.78 is 4.63. The van der Waals surface area contributed by atoms with Crippen molar-refractivity contribution in [2.24, 2.45) is 5.73 Å². The largest absolute Gasteiger partial charge is 0.448 e. The number of fused-ring (bicyclic) bond motifs is 1. The molecule has 0 fully saturated rings. The molecule has 0 bridgehead atoms. The van der Waals surface area contributed by atoms with Gasteiger partial charge in [-0.3, -0.25) is 4.98 Å². The van der Waals surface area contributed by atoms with Gasteiger partial charge in [-0.2, -0.15) is 0 Å². The van der Waals surface area contributed by atoms with E-state index in [-0.39, 0.29) is 6.61 Å². The summed E-state index contributed by atoms with van der Waals surface area (Å²) in [6, 6.07) is 7.39. The van der Waals surface area contributed by atoms with Crippen molar-refractivity contribution in [3.05, 3.63) is 30.5 Å². The number of amides is 1. The summed E-state index contributed by atoms with van der Waals surface area (Å²) in [5.41, 5.74) is 13.0. The number of anilines is 2. The maximum Gasteiger partial charge on any atom is 0.404 e. The van der Waals surface area contributed by atoms with Crippen molar-refractivity contribution < 1.29 is 9.53 Å². The molecule has 94 valence electrons. The van der Waals surface area contributed by atoms with Crippen LogP contribution >= 0.6 is 0 Å². The first-order valence-electron chi connectivity index (χ1n) is 5.48. The fraction of sp³-hybridized carbons (Fsp3) is 0.167. The molecule has 5 N–H and O–H groups in total. The number of pyridine rings is 1. The molecule has 0 saturated carbocycles. The Morgan fingerprint density at radius 3 is 3.00 bits per heavy atom. The van der Waals surface area contributed by atoms with Crippen LogP contribution in [0.3, 0.4) is 0 Å². The van der Waals surface area contributed by atoms with Gasteiger partial charge in [0.1, 0.15) is 6.61 Å². The van der Waals surface area contributed by atoms with E-state index >= 15 is 0 Å². The predicted molar refractivity (Wildman–Crippen MR) is 70.2 cm³/mol. The number of ether oxygens (including phenoxy) is 1. The number of nitrogen functional groups attached to an aromatic ring is 1. The minimum absolute atomic E-state index is 0.202. The monoisotopic (exact) mass is 246 g/mol. The average Bonchev–Trinajstić information content (AvgIpc) is 2.37. The van der Waals surface area contributed by atoms with E-state index in [4.69, 9.17) is 11.5 Å². The average molecular weight is 246 g/mol. The lowest BCUT2D eigenvalue weighted by Crippen LogP contribution is -2.18. The van der Waals surface area contributed by atoms with Gasteiger partial charge in [0.05, 0.1) is 11.2 Å². The minimum Gasteiger partial charge on any atom is -0.448 e. The number of nitrogens with zero attached hydrogens (tertiary/aromatic N) is 1. The highest BCUT2D eigenvalue weighted by Gasteiger charge is 2.04. The normalized spacial score (nSPS) is 10.2. The molecule has 0 unspecified atom stereocenters. The molecule has 0 aliphatic rings. The Hall–Kier alpha value is -2.50. The molecule has 1 amide bonds. The van der Waals surface area contributed by atoms with Crippen LogP contribution in [0.25, 0.3) is 10.9 Å². The topological polar surface area (TPSA) is 103 Å². The number of hydrogen-bond acceptors (Lipinski definition) is 5. The van der Waals surface area contributed by atoms with Crippen LogP contribution in [0.5, 0.6) is 0 Å². The summed E-state index contributed by atoms with van der Waals surface area (Å²) in [6.45, 7) is 0.659. The second-order valence-electron chi connectivity index (χ2n) is 3.70. The number of carbonyl (C=O) groups excluding carboxylic acids is 1. The van der Waals surface area contributed by atoms with Gasteiger partial charge in [0.2, 0.25) is 0 Å². The van der Waals surface area contributed by atoms with Gasteiger partial charge in [-0.15, -0.1) is 0 Å². The number of carbonyl (C=O) groups is 1. The van der Waals surface area contributed by atoms with Gasteiger partial charge in [0.25, 0.3) is 0 Å². The first-order chi connectivity index (χ1) is 8.68. The highest BCUT2D eigenvalue weighted by Crippen LogP contribution is 2.25. The maximum absolute atomic E-state index is 10.4. The van der Waals surface area contributed by atoms with Gasteiger partial charge in [-0.1, -0.05) is 0 Å². The molecule has 2 aromatic rings. The van der Waals surface area contributed by atoms with Gasteiger partial charge in [-0.05, 0) is 24.3 Å². The fourth-order valence-electron chi connectivity index (χ4n) is 1.67. The highest BCUT2D eigenvalue weighted by molar-refractivity contribution is 5.98. The van der Waals surface area contributed by atoms with Gasteiger partial charge >= 0.3 is 6.09 Å². The zero-order valence-electron chi connectivity index (χ0n) is 9.72. The van der Waals surface area contributed by atoms with Crippen LogP contribution in [0, 0.1) is 0 Å². The summed E-state index contributed by atoms with van der Waals surface area (Å²) in [6.07, 6.45) is 0.921. The highest BCUT2D eigenvalue weighted by atomic mass is 16.5. The number of nitrogens with one attached hydrogen (secondary N) is 1. The van der Waals surface area contributed by atoms with E-state index in [1.54, 1.807) is 12.3 Å². The third kappa shape index (κ3) is 2.60. The molecule has 0 radical (unpaired) electrons. The molecule has 6 nitrogen and oxygen atoms in total. The molecule has 0 aliphatic heterocycles. The molecule has 1 heterocycles. The lowest BCUT2D eigenvalue weighted by atomic mass is 10.1. The number of benzene rings is 1. The summed E-state index contributed by atoms with van der Waals surface area (Å²) in [7, 11) is 0. The number of rotatable bonds is 4. The Bertz CT molecular complexity index is 571. The Balaban J connectivity index is 2.14. The van der Waals surface area contributed by atoms with Gasteiger partial charge < -0.3 is 21.5 Å². The quantitative estimate of drug-likeness (QED) is 0.557. The first-order valence-corrected chi connectivity index (χ1v) is 5.48. The minimum atomic E-state index is -0.780. The summed E-state index contributed by atoms with van der Waals surface area (Å²) in [5, 5.41) is 4.01. The molecule has 0 aliphatic carbocycles. The summed E-state index contributed by atoms with van der Waals surface area (Å²) in [4.78, 5) is 14.7. The molecular weight excluding hydrogens is 232 g/mol. The van der Waals surface area contributed by atoms with Crippen LogP contribution in [0.4, 0.5) is 16.2 Å². The predicted octanol–water partition coefficient (Wildman–Crippen LogP) is 1.32. The second kappa shape index (κ2) is 5.22. The van der Waals surface area contributed by atoms with Crippen LogP contribution in [0.2, 0.25) is 0 Å². The third-order valence-corrected chi connectivity index (χ3v) is 2.47. The first kappa shape index (κ1) is 12.0. The van der Waals surface area contributed by atoms with Gasteiger partial charge in [0.15, 0.2) is 0 Å². The summed E-state index contributed by atoms with van der Waals surface area (Å²) >= 11 is 0. The number of aromatic nitrogens is 1. The molecule has 1 aromatic carbocycles. The van der Waals surface area contributed by atoms with E-state index in [9.17, 15) is 4.79 Å². The Morgan fingerprint density at radius 2 is 2.22 bits per heavy atom. The van der Waals surface area contributed by atoms with Crippen molar-refractivity contribution in [1.29, 1.82) is 0 Å². The van der Waals surface area contributed by atoms with E-state index in [2.05, 4.69) is 15.0 Å². The number of nitrogens with two attached hydrogens (primary N) is 2. The van der Waals surface area contributed by atoms with Gasteiger partial charge in [0, 0.05) is 23.8 Å². The fourth-order valence-corrected chi connectivity index (χ4v) is 1.67. The maximum atomic E-state index is 10.4. The molecule has 6 heteroatoms. The molecule has 0 spiro atoms. The number of hydrogen-bond donors (Lipinski definition) is 3. The van der Waals surface area contributed by atoms with Crippen molar-refractivity contribution in [1.82, 2.24) is 4.98 Å². The van der Waals surface area contributed by atoms with E-state index in [1.807, 2.05) is 18.2 Å². The zero-order valence-corrected chi connectivity index (χ0v) is 9.72. The zero-order chi connectivity index (χ0) is 13.0. The smallest absolute Gasteiger partial charge is 0.404 e. The summed E-state index contributed by atoms with van der Waals surface area (Å²) in [5.74, 6) is 0. The van der Waals surface area contributed by atoms with Crippen molar-refractivity contribution in [3.8, 4) is 0 Å².